The van der Waals surface area contributed by atoms with Crippen LogP contribution in [0.1, 0.15) is 24.5 Å². The molecule has 0 amide bonds. The van der Waals surface area contributed by atoms with E-state index in [-0.39, 0.29) is 0 Å². The average Bonchev–Trinajstić information content (AvgIpc) is 2.73. The molecule has 2 aromatic rings. The zero-order valence-electron chi connectivity index (χ0n) is 12.4. The predicted molar refractivity (Wildman–Crippen MR) is 91.7 cm³/mol. The molecule has 3 rings (SSSR count). The molecule has 0 atom stereocenters. The number of aliphatic imine (C=N–C) groups is 2. The van der Waals surface area contributed by atoms with E-state index in [2.05, 4.69) is 11.9 Å². The maximum absolute atomic E-state index is 6.17. The van der Waals surface area contributed by atoms with E-state index in [1.807, 2.05) is 48.5 Å². The van der Waals surface area contributed by atoms with Gasteiger partial charge in [-0.05, 0) is 24.6 Å². The second-order valence-corrected chi connectivity index (χ2v) is 5.48. The van der Waals surface area contributed by atoms with E-state index in [0.717, 1.165) is 28.9 Å². The molecule has 2 aromatic carbocycles. The highest BCUT2D eigenvalue weighted by molar-refractivity contribution is 6.31. The minimum absolute atomic E-state index is 0.441. The fraction of sp³-hybridized carbons (Fsp3) is 0.222. The molecule has 0 aromatic heterocycles. The number of fused-ring (bicyclic) bond motifs is 1. The highest BCUT2D eigenvalue weighted by atomic mass is 35.5. The summed E-state index contributed by atoms with van der Waals surface area (Å²) < 4.78 is 5.69. The molecular formula is C18H17ClN2O. The molecule has 0 radical (unpaired) electrons. The van der Waals surface area contributed by atoms with Gasteiger partial charge in [-0.2, -0.15) is 0 Å². The summed E-state index contributed by atoms with van der Waals surface area (Å²) in [6.45, 7) is 3.16. The van der Waals surface area contributed by atoms with Crippen LogP contribution >= 0.6 is 11.6 Å². The van der Waals surface area contributed by atoms with Crippen molar-refractivity contribution in [3.63, 3.8) is 0 Å². The van der Waals surface area contributed by atoms with Crippen molar-refractivity contribution in [2.45, 2.75) is 13.3 Å². The first-order valence-corrected chi connectivity index (χ1v) is 7.76. The Morgan fingerprint density at radius 3 is 2.73 bits per heavy atom. The van der Waals surface area contributed by atoms with Gasteiger partial charge in [-0.1, -0.05) is 48.9 Å². The molecule has 4 heteroatoms. The Morgan fingerprint density at radius 2 is 1.95 bits per heavy atom. The van der Waals surface area contributed by atoms with Gasteiger partial charge < -0.3 is 4.74 Å². The van der Waals surface area contributed by atoms with E-state index in [0.29, 0.717) is 24.1 Å². The van der Waals surface area contributed by atoms with Gasteiger partial charge in [0.15, 0.2) is 0 Å². The van der Waals surface area contributed by atoms with Crippen LogP contribution in [0.15, 0.2) is 58.5 Å². The van der Waals surface area contributed by atoms with Crippen molar-refractivity contribution < 1.29 is 4.74 Å². The van der Waals surface area contributed by atoms with Crippen molar-refractivity contribution in [2.24, 2.45) is 9.98 Å². The summed E-state index contributed by atoms with van der Waals surface area (Å²) in [5.74, 6) is 0.649. The minimum atomic E-state index is 0.441. The van der Waals surface area contributed by atoms with Crippen LogP contribution in [-0.4, -0.2) is 24.8 Å². The van der Waals surface area contributed by atoms with Gasteiger partial charge in [0.25, 0.3) is 0 Å². The van der Waals surface area contributed by atoms with Crippen LogP contribution < -0.4 is 0 Å². The van der Waals surface area contributed by atoms with Gasteiger partial charge in [0.05, 0.1) is 18.0 Å². The predicted octanol–water partition coefficient (Wildman–Crippen LogP) is 4.65. The smallest absolute Gasteiger partial charge is 0.210 e. The average molecular weight is 313 g/mol. The number of benzene rings is 2. The summed E-state index contributed by atoms with van der Waals surface area (Å²) >= 11 is 6.17. The van der Waals surface area contributed by atoms with Gasteiger partial charge in [-0.3, -0.25) is 4.99 Å². The largest absolute Gasteiger partial charge is 0.479 e. The number of hydrogen-bond donors (Lipinski definition) is 0. The van der Waals surface area contributed by atoms with Crippen LogP contribution in [-0.2, 0) is 4.74 Å². The second-order valence-electron chi connectivity index (χ2n) is 5.05. The standard InChI is InChI=1S/C18H17ClN2O/c1-2-10-22-17-12-20-18(13-6-4-3-5-7-13)15-11-14(19)8-9-16(15)21-17/h3-9,11H,2,10,12H2,1H3. The molecule has 0 fully saturated rings. The zero-order chi connectivity index (χ0) is 15.4. The van der Waals surface area contributed by atoms with Gasteiger partial charge >= 0.3 is 0 Å². The summed E-state index contributed by atoms with van der Waals surface area (Å²) in [5, 5.41) is 0.676. The van der Waals surface area contributed by atoms with Crippen molar-refractivity contribution in [1.29, 1.82) is 0 Å². The topological polar surface area (TPSA) is 34.0 Å². The lowest BCUT2D eigenvalue weighted by molar-refractivity contribution is 0.300. The molecule has 0 saturated heterocycles. The highest BCUT2D eigenvalue weighted by Gasteiger charge is 2.17. The molecule has 0 spiro atoms. The summed E-state index contributed by atoms with van der Waals surface area (Å²) in [5.41, 5.74) is 3.74. The van der Waals surface area contributed by atoms with Crippen LogP contribution in [0.2, 0.25) is 5.02 Å². The maximum Gasteiger partial charge on any atom is 0.210 e. The Bertz CT molecular complexity index is 723. The third-order valence-corrected chi connectivity index (χ3v) is 3.59. The molecule has 0 bridgehead atoms. The maximum atomic E-state index is 6.17. The Balaban J connectivity index is 2.07. The van der Waals surface area contributed by atoms with E-state index >= 15 is 0 Å². The third kappa shape index (κ3) is 3.20. The van der Waals surface area contributed by atoms with Crippen LogP contribution in [0.4, 0.5) is 5.69 Å². The molecule has 3 nitrogen and oxygen atoms in total. The number of hydrogen-bond acceptors (Lipinski definition) is 3. The first kappa shape index (κ1) is 14.8. The minimum Gasteiger partial charge on any atom is -0.479 e. The fourth-order valence-corrected chi connectivity index (χ4v) is 2.51. The lowest BCUT2D eigenvalue weighted by Gasteiger charge is -2.08. The van der Waals surface area contributed by atoms with Gasteiger partial charge in [0.1, 0.15) is 6.54 Å². The molecule has 1 heterocycles. The molecule has 22 heavy (non-hydrogen) atoms. The Labute approximate surface area is 135 Å². The Hall–Kier alpha value is -2.13. The van der Waals surface area contributed by atoms with Crippen LogP contribution in [0, 0.1) is 0 Å². The summed E-state index contributed by atoms with van der Waals surface area (Å²) in [4.78, 5) is 9.33. The molecule has 0 saturated carbocycles. The number of ether oxygens (including phenoxy) is 1. The van der Waals surface area contributed by atoms with E-state index in [1.54, 1.807) is 0 Å². The first-order valence-electron chi connectivity index (χ1n) is 7.38. The number of halogens is 1. The summed E-state index contributed by atoms with van der Waals surface area (Å²) in [6.07, 6.45) is 0.946. The van der Waals surface area contributed by atoms with E-state index < -0.39 is 0 Å². The summed E-state index contributed by atoms with van der Waals surface area (Å²) in [6, 6.07) is 15.8. The van der Waals surface area contributed by atoms with Gasteiger partial charge in [0, 0.05) is 16.1 Å². The SMILES string of the molecule is CCCOC1=Nc2ccc(Cl)cc2C(c2ccccc2)=NC1. The number of rotatable bonds is 3. The zero-order valence-corrected chi connectivity index (χ0v) is 13.2. The van der Waals surface area contributed by atoms with Gasteiger partial charge in [-0.25, -0.2) is 4.99 Å². The van der Waals surface area contributed by atoms with Crippen LogP contribution in [0.25, 0.3) is 0 Å². The monoisotopic (exact) mass is 312 g/mol. The molecular weight excluding hydrogens is 296 g/mol. The molecule has 1 aliphatic rings. The molecule has 0 unspecified atom stereocenters. The molecule has 1 aliphatic heterocycles. The Kier molecular flexibility index (Phi) is 4.54. The van der Waals surface area contributed by atoms with Crippen LogP contribution in [0.5, 0.6) is 0 Å². The molecule has 0 N–H and O–H groups in total. The quantitative estimate of drug-likeness (QED) is 0.812. The van der Waals surface area contributed by atoms with E-state index in [9.17, 15) is 0 Å². The fourth-order valence-electron chi connectivity index (χ4n) is 2.34. The van der Waals surface area contributed by atoms with Crippen molar-refractivity contribution in [2.75, 3.05) is 13.2 Å². The summed E-state index contributed by atoms with van der Waals surface area (Å²) in [7, 11) is 0. The second kappa shape index (κ2) is 6.75. The van der Waals surface area contributed by atoms with E-state index in [1.165, 1.54) is 0 Å². The Morgan fingerprint density at radius 1 is 1.14 bits per heavy atom. The van der Waals surface area contributed by atoms with Gasteiger partial charge in [-0.15, -0.1) is 0 Å². The molecule has 112 valence electrons. The van der Waals surface area contributed by atoms with Crippen LogP contribution in [0.3, 0.4) is 0 Å². The highest BCUT2D eigenvalue weighted by Crippen LogP contribution is 2.28. The van der Waals surface area contributed by atoms with Crippen molar-refractivity contribution >= 4 is 28.9 Å². The lowest BCUT2D eigenvalue weighted by Crippen LogP contribution is -2.10. The van der Waals surface area contributed by atoms with Crippen molar-refractivity contribution in [1.82, 2.24) is 0 Å². The van der Waals surface area contributed by atoms with Crippen molar-refractivity contribution in [3.05, 3.63) is 64.7 Å². The normalized spacial score (nSPS) is 13.7. The number of nitrogens with zero attached hydrogens (tertiary/aromatic N) is 2. The van der Waals surface area contributed by atoms with E-state index in [4.69, 9.17) is 21.3 Å². The lowest BCUT2D eigenvalue weighted by atomic mass is 10.0. The first-order chi connectivity index (χ1) is 10.8. The molecule has 0 aliphatic carbocycles. The van der Waals surface area contributed by atoms with Gasteiger partial charge in [0.2, 0.25) is 5.90 Å². The third-order valence-electron chi connectivity index (χ3n) is 3.35. The van der Waals surface area contributed by atoms with Crippen molar-refractivity contribution in [3.8, 4) is 0 Å².